The van der Waals surface area contributed by atoms with Crippen LogP contribution in [0.25, 0.3) is 6.08 Å². The normalized spacial score (nSPS) is 20.3. The predicted octanol–water partition coefficient (Wildman–Crippen LogP) is 1.84. The maximum atomic E-state index is 12.6. The number of hydrogen-bond donors (Lipinski definition) is 1. The molecule has 0 bridgehead atoms. The highest BCUT2D eigenvalue weighted by atomic mass is 32.2. The molecule has 8 heteroatoms. The van der Waals surface area contributed by atoms with Gasteiger partial charge in [0.25, 0.3) is 0 Å². The molecular weight excluding hydrogens is 412 g/mol. The van der Waals surface area contributed by atoms with Gasteiger partial charge in [-0.2, -0.15) is 4.31 Å². The van der Waals surface area contributed by atoms with E-state index in [4.69, 9.17) is 0 Å². The van der Waals surface area contributed by atoms with Gasteiger partial charge in [0, 0.05) is 57.1 Å². The Bertz CT molecular complexity index is 812. The van der Waals surface area contributed by atoms with Gasteiger partial charge in [-0.1, -0.05) is 37.3 Å². The fraction of sp³-hybridized carbons (Fsp3) is 0.609. The van der Waals surface area contributed by atoms with E-state index < -0.39 is 10.0 Å². The molecule has 1 aromatic rings. The molecule has 2 aliphatic heterocycles. The number of carbonyl (C=O) groups excluding carboxylic acids is 1. The molecule has 2 saturated heterocycles. The Kier molecular flexibility index (Phi) is 9.07. The van der Waals surface area contributed by atoms with Crippen molar-refractivity contribution >= 4 is 22.0 Å². The van der Waals surface area contributed by atoms with Gasteiger partial charge in [-0.3, -0.25) is 4.79 Å². The van der Waals surface area contributed by atoms with Crippen LogP contribution in [0.4, 0.5) is 0 Å². The first-order chi connectivity index (χ1) is 15.0. The maximum absolute atomic E-state index is 12.6. The molecule has 2 fully saturated rings. The van der Waals surface area contributed by atoms with E-state index in [0.29, 0.717) is 32.5 Å². The first kappa shape index (κ1) is 23.9. The second-order valence-corrected chi connectivity index (χ2v) is 10.2. The van der Waals surface area contributed by atoms with Crippen LogP contribution in [0.5, 0.6) is 0 Å². The molecule has 2 aliphatic rings. The fourth-order valence-electron chi connectivity index (χ4n) is 4.17. The number of benzene rings is 1. The van der Waals surface area contributed by atoms with Crippen molar-refractivity contribution < 1.29 is 13.2 Å². The second kappa shape index (κ2) is 11.8. The molecule has 0 aromatic heterocycles. The zero-order valence-corrected chi connectivity index (χ0v) is 19.4. The van der Waals surface area contributed by atoms with Crippen LogP contribution in [-0.2, 0) is 14.8 Å². The van der Waals surface area contributed by atoms with Crippen molar-refractivity contribution in [1.82, 2.24) is 19.4 Å². The summed E-state index contributed by atoms with van der Waals surface area (Å²) in [5, 5.41) is 4.32. The van der Waals surface area contributed by atoms with Crippen LogP contribution in [0.15, 0.2) is 35.7 Å². The molecule has 0 radical (unpaired) electrons. The molecule has 172 valence electrons. The molecule has 1 aromatic carbocycles. The van der Waals surface area contributed by atoms with Crippen molar-refractivity contribution in [2.45, 2.75) is 26.2 Å². The van der Waals surface area contributed by atoms with E-state index in [-0.39, 0.29) is 11.8 Å². The number of piperazine rings is 1. The van der Waals surface area contributed by atoms with Crippen LogP contribution < -0.4 is 5.32 Å². The second-order valence-electron chi connectivity index (χ2n) is 8.35. The maximum Gasteiger partial charge on any atom is 0.236 e. The highest BCUT2D eigenvalue weighted by molar-refractivity contribution is 7.92. The van der Waals surface area contributed by atoms with Gasteiger partial charge in [0.15, 0.2) is 0 Å². The average Bonchev–Trinajstić information content (AvgIpc) is 2.81. The van der Waals surface area contributed by atoms with Crippen LogP contribution in [0, 0.1) is 5.92 Å². The molecule has 31 heavy (non-hydrogen) atoms. The largest absolute Gasteiger partial charge is 0.356 e. The van der Waals surface area contributed by atoms with Crippen molar-refractivity contribution in [3.05, 3.63) is 41.3 Å². The van der Waals surface area contributed by atoms with E-state index in [9.17, 15) is 13.2 Å². The first-order valence-electron chi connectivity index (χ1n) is 11.4. The number of carbonyl (C=O) groups is 1. The summed E-state index contributed by atoms with van der Waals surface area (Å²) >= 11 is 0. The number of nitrogens with one attached hydrogen (secondary N) is 1. The lowest BCUT2D eigenvalue weighted by Crippen LogP contribution is -2.47. The molecule has 3 rings (SSSR count). The van der Waals surface area contributed by atoms with Gasteiger partial charge in [-0.25, -0.2) is 8.42 Å². The molecule has 1 N–H and O–H groups in total. The van der Waals surface area contributed by atoms with Gasteiger partial charge >= 0.3 is 0 Å². The van der Waals surface area contributed by atoms with Crippen LogP contribution >= 0.6 is 0 Å². The van der Waals surface area contributed by atoms with Crippen LogP contribution in [0.1, 0.15) is 31.7 Å². The van der Waals surface area contributed by atoms with Crippen molar-refractivity contribution in [3.8, 4) is 0 Å². The number of amides is 1. The van der Waals surface area contributed by atoms with Crippen molar-refractivity contribution in [3.63, 3.8) is 0 Å². The summed E-state index contributed by atoms with van der Waals surface area (Å²) in [6.45, 7) is 10.3. The smallest absolute Gasteiger partial charge is 0.236 e. The van der Waals surface area contributed by atoms with Gasteiger partial charge in [0.2, 0.25) is 15.9 Å². The number of sulfonamides is 1. The molecule has 7 nitrogen and oxygen atoms in total. The van der Waals surface area contributed by atoms with Crippen molar-refractivity contribution in [2.75, 3.05) is 58.9 Å². The lowest BCUT2D eigenvalue weighted by atomic mass is 9.97. The summed E-state index contributed by atoms with van der Waals surface area (Å²) in [4.78, 5) is 17.4. The Hall–Kier alpha value is -1.74. The van der Waals surface area contributed by atoms with Gasteiger partial charge in [0.1, 0.15) is 0 Å². The Morgan fingerprint density at radius 1 is 1.03 bits per heavy atom. The summed E-state index contributed by atoms with van der Waals surface area (Å²) < 4.78 is 26.6. The molecule has 0 unspecified atom stereocenters. The highest BCUT2D eigenvalue weighted by Crippen LogP contribution is 2.21. The summed E-state index contributed by atoms with van der Waals surface area (Å²) in [6, 6.07) is 9.39. The summed E-state index contributed by atoms with van der Waals surface area (Å²) in [5.74, 6) is -0.0367. The first-order valence-corrected chi connectivity index (χ1v) is 12.9. The minimum Gasteiger partial charge on any atom is -0.356 e. The number of rotatable bonds is 9. The zero-order valence-electron chi connectivity index (χ0n) is 18.6. The van der Waals surface area contributed by atoms with Crippen molar-refractivity contribution in [2.24, 2.45) is 5.92 Å². The lowest BCUT2D eigenvalue weighted by molar-refractivity contribution is -0.126. The third-order valence-corrected chi connectivity index (χ3v) is 7.84. The minimum atomic E-state index is -3.46. The lowest BCUT2D eigenvalue weighted by Gasteiger charge is -2.34. The monoisotopic (exact) mass is 448 g/mol. The van der Waals surface area contributed by atoms with Gasteiger partial charge in [-0.05, 0) is 44.0 Å². The van der Waals surface area contributed by atoms with E-state index in [1.165, 1.54) is 9.71 Å². The Balaban J connectivity index is 1.34. The topological polar surface area (TPSA) is 73.0 Å². The third kappa shape index (κ3) is 7.42. The third-order valence-electron chi connectivity index (χ3n) is 6.28. The van der Waals surface area contributed by atoms with E-state index in [1.54, 1.807) is 6.08 Å². The zero-order chi connectivity index (χ0) is 22.1. The van der Waals surface area contributed by atoms with E-state index in [2.05, 4.69) is 22.0 Å². The van der Waals surface area contributed by atoms with Gasteiger partial charge in [0.05, 0.1) is 0 Å². The van der Waals surface area contributed by atoms with Crippen LogP contribution in [0.2, 0.25) is 0 Å². The number of likely N-dealkylation sites (N-methyl/N-ethyl adjacent to an activating group) is 1. The number of hydrogen-bond acceptors (Lipinski definition) is 5. The Labute approximate surface area is 187 Å². The molecule has 0 spiro atoms. The van der Waals surface area contributed by atoms with Crippen LogP contribution in [-0.4, -0.2) is 87.3 Å². The summed E-state index contributed by atoms with van der Waals surface area (Å²) in [5.41, 5.74) is 0.854. The van der Waals surface area contributed by atoms with E-state index >= 15 is 0 Å². The minimum absolute atomic E-state index is 0.0627. The molecule has 0 saturated carbocycles. The number of nitrogens with zero attached hydrogens (tertiary/aromatic N) is 3. The summed E-state index contributed by atoms with van der Waals surface area (Å²) in [6.07, 6.45) is 3.72. The Morgan fingerprint density at radius 3 is 2.32 bits per heavy atom. The van der Waals surface area contributed by atoms with Gasteiger partial charge < -0.3 is 15.1 Å². The predicted molar refractivity (Wildman–Crippen MR) is 125 cm³/mol. The standard InChI is InChI=1S/C23H36N4O3S/c1-2-25-16-18-26(19-17-25)13-6-12-24-23(28)22-9-14-27(15-10-22)31(29,30)20-11-21-7-4-3-5-8-21/h3-5,7-8,11,20,22H,2,6,9-10,12-19H2,1H3,(H,24,28)/b20-11+. The average molecular weight is 449 g/mol. The molecule has 0 atom stereocenters. The van der Waals surface area contributed by atoms with E-state index in [1.807, 2.05) is 30.3 Å². The van der Waals surface area contributed by atoms with Crippen LogP contribution in [0.3, 0.4) is 0 Å². The fourth-order valence-corrected chi connectivity index (χ4v) is 5.40. The SMILES string of the molecule is CCN1CCN(CCCNC(=O)C2CCN(S(=O)(=O)/C=C/c3ccccc3)CC2)CC1. The highest BCUT2D eigenvalue weighted by Gasteiger charge is 2.29. The van der Waals surface area contributed by atoms with Gasteiger partial charge in [-0.15, -0.1) is 0 Å². The molecule has 1 amide bonds. The number of piperidine rings is 1. The molecular formula is C23H36N4O3S. The van der Waals surface area contributed by atoms with E-state index in [0.717, 1.165) is 51.3 Å². The van der Waals surface area contributed by atoms with Crippen molar-refractivity contribution in [1.29, 1.82) is 0 Å². The molecule has 0 aliphatic carbocycles. The summed E-state index contributed by atoms with van der Waals surface area (Å²) in [7, 11) is -3.46. The quantitative estimate of drug-likeness (QED) is 0.584. The molecule has 2 heterocycles. The Morgan fingerprint density at radius 2 is 1.68 bits per heavy atom.